The molecule has 84 valence electrons. The smallest absolute Gasteiger partial charge is 0.123 e. The average Bonchev–Trinajstić information content (AvgIpc) is 2.23. The molecule has 0 aliphatic rings. The van der Waals surface area contributed by atoms with Crippen molar-refractivity contribution in [2.45, 2.75) is 20.3 Å². The van der Waals surface area contributed by atoms with Crippen molar-refractivity contribution in [3.8, 4) is 0 Å². The van der Waals surface area contributed by atoms with Crippen LogP contribution >= 0.6 is 23.2 Å². The predicted molar refractivity (Wildman–Crippen MR) is 64.4 cm³/mol. The Bertz CT molecular complexity index is 332. The minimum atomic E-state index is -0.206. The van der Waals surface area contributed by atoms with Crippen molar-refractivity contribution in [3.05, 3.63) is 35.1 Å². The first-order valence-corrected chi connectivity index (χ1v) is 5.94. The van der Waals surface area contributed by atoms with E-state index in [2.05, 4.69) is 0 Å². The number of aryl methyl sites for hydroxylation is 1. The van der Waals surface area contributed by atoms with E-state index in [9.17, 15) is 4.39 Å². The molecule has 1 aromatic rings. The van der Waals surface area contributed by atoms with E-state index < -0.39 is 0 Å². The third-order valence-electron chi connectivity index (χ3n) is 2.57. The lowest BCUT2D eigenvalue weighted by molar-refractivity contribution is 0.423. The molecule has 0 saturated carbocycles. The lowest BCUT2D eigenvalue weighted by Crippen LogP contribution is -2.24. The summed E-state index contributed by atoms with van der Waals surface area (Å²) < 4.78 is 13.1. The van der Waals surface area contributed by atoms with Crippen LogP contribution in [-0.4, -0.2) is 11.8 Å². The maximum absolute atomic E-state index is 13.1. The Kier molecular flexibility index (Phi) is 4.42. The first-order chi connectivity index (χ1) is 7.00. The first kappa shape index (κ1) is 12.8. The number of rotatable bonds is 4. The van der Waals surface area contributed by atoms with Crippen molar-refractivity contribution >= 4 is 23.2 Å². The van der Waals surface area contributed by atoms with E-state index in [4.69, 9.17) is 23.2 Å². The maximum Gasteiger partial charge on any atom is 0.123 e. The zero-order valence-corrected chi connectivity index (χ0v) is 10.5. The molecule has 0 N–H and O–H groups in total. The fourth-order valence-electron chi connectivity index (χ4n) is 1.42. The highest BCUT2D eigenvalue weighted by Gasteiger charge is 2.23. The molecule has 0 atom stereocenters. The van der Waals surface area contributed by atoms with Crippen LogP contribution in [0.2, 0.25) is 0 Å². The first-order valence-electron chi connectivity index (χ1n) is 4.88. The zero-order valence-electron chi connectivity index (χ0n) is 8.99. The normalized spacial score (nSPS) is 11.8. The van der Waals surface area contributed by atoms with Crippen LogP contribution in [0.25, 0.3) is 0 Å². The number of hydrogen-bond acceptors (Lipinski definition) is 0. The van der Waals surface area contributed by atoms with Gasteiger partial charge < -0.3 is 0 Å². The number of benzene rings is 1. The molecule has 0 aliphatic carbocycles. The van der Waals surface area contributed by atoms with Crippen LogP contribution in [0.3, 0.4) is 0 Å². The highest BCUT2D eigenvalue weighted by molar-refractivity contribution is 6.21. The molecular formula is C12H15Cl2F. The molecule has 0 nitrogen and oxygen atoms in total. The summed E-state index contributed by atoms with van der Waals surface area (Å²) >= 11 is 11.7. The monoisotopic (exact) mass is 248 g/mol. The van der Waals surface area contributed by atoms with Crippen LogP contribution in [0.1, 0.15) is 18.1 Å². The summed E-state index contributed by atoms with van der Waals surface area (Å²) in [6.45, 7) is 3.98. The third-order valence-corrected chi connectivity index (χ3v) is 3.86. The molecule has 1 rings (SSSR count). The second kappa shape index (κ2) is 5.18. The predicted octanol–water partition coefficient (Wildman–Crippen LogP) is 4.16. The molecule has 3 heteroatoms. The molecule has 0 amide bonds. The van der Waals surface area contributed by atoms with Crippen LogP contribution in [0, 0.1) is 18.2 Å². The van der Waals surface area contributed by atoms with Gasteiger partial charge in [-0.1, -0.05) is 13.0 Å². The summed E-state index contributed by atoms with van der Waals surface area (Å²) in [5.74, 6) is 0.751. The maximum atomic E-state index is 13.1. The topological polar surface area (TPSA) is 0 Å². The van der Waals surface area contributed by atoms with Crippen molar-refractivity contribution in [2.24, 2.45) is 5.41 Å². The van der Waals surface area contributed by atoms with Gasteiger partial charge in [0.2, 0.25) is 0 Å². The zero-order chi connectivity index (χ0) is 11.5. The van der Waals surface area contributed by atoms with E-state index in [1.807, 2.05) is 13.8 Å². The van der Waals surface area contributed by atoms with Gasteiger partial charge in [-0.25, -0.2) is 4.39 Å². The molecule has 0 bridgehead atoms. The Morgan fingerprint density at radius 2 is 1.87 bits per heavy atom. The second-order valence-electron chi connectivity index (χ2n) is 4.33. The van der Waals surface area contributed by atoms with Crippen LogP contribution in [0.15, 0.2) is 18.2 Å². The Labute approximate surface area is 100 Å². The van der Waals surface area contributed by atoms with Crippen LogP contribution in [-0.2, 0) is 6.42 Å². The second-order valence-corrected chi connectivity index (χ2v) is 4.86. The molecule has 0 aliphatic heterocycles. The van der Waals surface area contributed by atoms with Gasteiger partial charge in [-0.3, -0.25) is 0 Å². The molecule has 15 heavy (non-hydrogen) atoms. The van der Waals surface area contributed by atoms with E-state index in [1.165, 1.54) is 6.07 Å². The molecular weight excluding hydrogens is 234 g/mol. The molecule has 0 saturated heterocycles. The minimum Gasteiger partial charge on any atom is -0.207 e. The Hall–Kier alpha value is -0.270. The third kappa shape index (κ3) is 3.35. The van der Waals surface area contributed by atoms with Gasteiger partial charge in [-0.2, -0.15) is 0 Å². The van der Waals surface area contributed by atoms with Crippen molar-refractivity contribution in [1.29, 1.82) is 0 Å². The van der Waals surface area contributed by atoms with Gasteiger partial charge in [0.05, 0.1) is 0 Å². The van der Waals surface area contributed by atoms with E-state index in [0.29, 0.717) is 18.2 Å². The Morgan fingerprint density at radius 3 is 2.40 bits per heavy atom. The molecule has 0 unspecified atom stereocenters. The van der Waals surface area contributed by atoms with Gasteiger partial charge in [0.15, 0.2) is 0 Å². The molecule has 0 heterocycles. The van der Waals surface area contributed by atoms with E-state index >= 15 is 0 Å². The lowest BCUT2D eigenvalue weighted by atomic mass is 9.86. The molecule has 0 spiro atoms. The van der Waals surface area contributed by atoms with Crippen LogP contribution < -0.4 is 0 Å². The fourth-order valence-corrected chi connectivity index (χ4v) is 1.90. The quantitative estimate of drug-likeness (QED) is 0.703. The summed E-state index contributed by atoms with van der Waals surface area (Å²) in [5, 5.41) is 0. The van der Waals surface area contributed by atoms with E-state index in [1.54, 1.807) is 12.1 Å². The van der Waals surface area contributed by atoms with Gasteiger partial charge in [-0.15, -0.1) is 23.2 Å². The molecule has 1 aromatic carbocycles. The fraction of sp³-hybridized carbons (Fsp3) is 0.500. The lowest BCUT2D eigenvalue weighted by Gasteiger charge is -2.25. The van der Waals surface area contributed by atoms with Crippen molar-refractivity contribution in [2.75, 3.05) is 11.8 Å². The number of halogens is 3. The van der Waals surface area contributed by atoms with Crippen molar-refractivity contribution in [1.82, 2.24) is 0 Å². The Morgan fingerprint density at radius 1 is 1.27 bits per heavy atom. The van der Waals surface area contributed by atoms with Crippen LogP contribution in [0.4, 0.5) is 4.39 Å². The largest absolute Gasteiger partial charge is 0.207 e. The van der Waals surface area contributed by atoms with Gasteiger partial charge >= 0.3 is 0 Å². The van der Waals surface area contributed by atoms with Crippen molar-refractivity contribution < 1.29 is 4.39 Å². The van der Waals surface area contributed by atoms with E-state index in [-0.39, 0.29) is 11.2 Å². The van der Waals surface area contributed by atoms with E-state index in [0.717, 1.165) is 11.1 Å². The molecule has 0 aromatic heterocycles. The summed E-state index contributed by atoms with van der Waals surface area (Å²) in [4.78, 5) is 0. The highest BCUT2D eigenvalue weighted by atomic mass is 35.5. The summed E-state index contributed by atoms with van der Waals surface area (Å²) in [7, 11) is 0. The highest BCUT2D eigenvalue weighted by Crippen LogP contribution is 2.27. The summed E-state index contributed by atoms with van der Waals surface area (Å²) in [6, 6.07) is 4.82. The number of alkyl halides is 2. The summed E-state index contributed by atoms with van der Waals surface area (Å²) in [6.07, 6.45) is 0.712. The average molecular weight is 249 g/mol. The van der Waals surface area contributed by atoms with Gasteiger partial charge in [0, 0.05) is 11.8 Å². The summed E-state index contributed by atoms with van der Waals surface area (Å²) in [5.41, 5.74) is 1.90. The minimum absolute atomic E-state index is 0.165. The SMILES string of the molecule is Cc1ccc(F)cc1CC(C)(CCl)CCl. The standard InChI is InChI=1S/C12H15Cl2F/c1-9-3-4-11(15)5-10(9)6-12(2,7-13)8-14/h3-5H,6-8H2,1-2H3. The number of hydrogen-bond donors (Lipinski definition) is 0. The molecule has 0 fully saturated rings. The molecule has 0 radical (unpaired) electrons. The van der Waals surface area contributed by atoms with Gasteiger partial charge in [0.25, 0.3) is 0 Å². The van der Waals surface area contributed by atoms with Gasteiger partial charge in [-0.05, 0) is 42.0 Å². The van der Waals surface area contributed by atoms with Crippen LogP contribution in [0.5, 0.6) is 0 Å². The van der Waals surface area contributed by atoms with Crippen molar-refractivity contribution in [3.63, 3.8) is 0 Å². The Balaban J connectivity index is 2.92. The van der Waals surface area contributed by atoms with Gasteiger partial charge in [0.1, 0.15) is 5.82 Å².